The van der Waals surface area contributed by atoms with Crippen molar-refractivity contribution in [2.24, 2.45) is 5.10 Å². The number of amides is 3. The summed E-state index contributed by atoms with van der Waals surface area (Å²) in [7, 11) is 0. The molecule has 1 spiro atoms. The standard InChI is InChI=1S/C19H21N3O6/c1-4-27-14-8-6-13(7-9-14)21-16(24)11-19(18(21)26)10-15(17(25)28-5-2)20-22(19)12(3)23/h6-9H,4-5,10-11H2,1-3H3. The molecule has 0 aliphatic carbocycles. The van der Waals surface area contributed by atoms with Gasteiger partial charge in [-0.05, 0) is 38.1 Å². The van der Waals surface area contributed by atoms with E-state index < -0.39 is 29.2 Å². The molecule has 28 heavy (non-hydrogen) atoms. The SMILES string of the molecule is CCOC(=O)C1=NN(C(C)=O)C2(CC(=O)N(c3ccc(OCC)cc3)C2=O)C1. The third kappa shape index (κ3) is 3.12. The van der Waals surface area contributed by atoms with E-state index in [0.29, 0.717) is 18.0 Å². The van der Waals surface area contributed by atoms with Crippen molar-refractivity contribution in [2.75, 3.05) is 18.1 Å². The van der Waals surface area contributed by atoms with Gasteiger partial charge in [0.2, 0.25) is 11.8 Å². The van der Waals surface area contributed by atoms with Gasteiger partial charge in [0.25, 0.3) is 5.91 Å². The lowest BCUT2D eigenvalue weighted by molar-refractivity contribution is -0.141. The Morgan fingerprint density at radius 3 is 2.36 bits per heavy atom. The number of hydrogen-bond acceptors (Lipinski definition) is 7. The molecule has 2 aliphatic rings. The second kappa shape index (κ2) is 7.41. The van der Waals surface area contributed by atoms with Gasteiger partial charge in [0.15, 0.2) is 5.54 Å². The van der Waals surface area contributed by atoms with Gasteiger partial charge in [-0.3, -0.25) is 14.4 Å². The minimum atomic E-state index is -1.54. The lowest BCUT2D eigenvalue weighted by atomic mass is 9.91. The van der Waals surface area contributed by atoms with Gasteiger partial charge in [0.1, 0.15) is 11.5 Å². The number of ether oxygens (including phenoxy) is 2. The van der Waals surface area contributed by atoms with Crippen molar-refractivity contribution in [1.29, 1.82) is 0 Å². The number of hydrazone groups is 1. The number of rotatable bonds is 5. The number of nitrogens with zero attached hydrogens (tertiary/aromatic N) is 3. The summed E-state index contributed by atoms with van der Waals surface area (Å²) in [6, 6.07) is 6.50. The van der Waals surface area contributed by atoms with Gasteiger partial charge in [0, 0.05) is 13.3 Å². The van der Waals surface area contributed by atoms with Crippen LogP contribution < -0.4 is 9.64 Å². The van der Waals surface area contributed by atoms with Gasteiger partial charge >= 0.3 is 5.97 Å². The molecule has 148 valence electrons. The van der Waals surface area contributed by atoms with Crippen molar-refractivity contribution in [3.8, 4) is 5.75 Å². The second-order valence-corrected chi connectivity index (χ2v) is 6.44. The van der Waals surface area contributed by atoms with E-state index >= 15 is 0 Å². The van der Waals surface area contributed by atoms with Crippen LogP contribution in [-0.4, -0.2) is 53.2 Å². The van der Waals surface area contributed by atoms with E-state index in [0.717, 1.165) is 9.91 Å². The Balaban J connectivity index is 1.93. The molecule has 1 saturated heterocycles. The van der Waals surface area contributed by atoms with Crippen LogP contribution in [-0.2, 0) is 23.9 Å². The zero-order chi connectivity index (χ0) is 20.5. The quantitative estimate of drug-likeness (QED) is 0.556. The summed E-state index contributed by atoms with van der Waals surface area (Å²) in [6.45, 7) is 5.35. The molecule has 1 fully saturated rings. The zero-order valence-corrected chi connectivity index (χ0v) is 15.9. The zero-order valence-electron chi connectivity index (χ0n) is 15.9. The summed E-state index contributed by atoms with van der Waals surface area (Å²) in [5.41, 5.74) is -1.22. The van der Waals surface area contributed by atoms with Gasteiger partial charge in [-0.2, -0.15) is 5.10 Å². The van der Waals surface area contributed by atoms with Crippen molar-refractivity contribution in [2.45, 2.75) is 39.2 Å². The Morgan fingerprint density at radius 2 is 1.79 bits per heavy atom. The van der Waals surface area contributed by atoms with Gasteiger partial charge in [-0.1, -0.05) is 0 Å². The number of carbonyl (C=O) groups is 4. The molecule has 3 rings (SSSR count). The van der Waals surface area contributed by atoms with Crippen molar-refractivity contribution in [3.63, 3.8) is 0 Å². The van der Waals surface area contributed by atoms with Crippen LogP contribution >= 0.6 is 0 Å². The number of hydrogen-bond donors (Lipinski definition) is 0. The highest BCUT2D eigenvalue weighted by atomic mass is 16.5. The largest absolute Gasteiger partial charge is 0.494 e. The first-order valence-corrected chi connectivity index (χ1v) is 8.99. The Morgan fingerprint density at radius 1 is 1.11 bits per heavy atom. The molecular weight excluding hydrogens is 366 g/mol. The van der Waals surface area contributed by atoms with Gasteiger partial charge in [-0.25, -0.2) is 14.7 Å². The third-order valence-corrected chi connectivity index (χ3v) is 4.60. The molecular formula is C19H21N3O6. The normalized spacial score (nSPS) is 21.3. The van der Waals surface area contributed by atoms with Gasteiger partial charge < -0.3 is 9.47 Å². The molecule has 1 unspecified atom stereocenters. The number of esters is 1. The molecule has 0 bridgehead atoms. The summed E-state index contributed by atoms with van der Waals surface area (Å²) in [5, 5.41) is 4.94. The first-order valence-electron chi connectivity index (χ1n) is 8.99. The summed E-state index contributed by atoms with van der Waals surface area (Å²) < 4.78 is 10.3. The summed E-state index contributed by atoms with van der Waals surface area (Å²) >= 11 is 0. The number of imide groups is 1. The molecule has 0 aromatic heterocycles. The van der Waals surface area contributed by atoms with Crippen molar-refractivity contribution in [3.05, 3.63) is 24.3 Å². The van der Waals surface area contributed by atoms with E-state index in [1.54, 1.807) is 31.2 Å². The van der Waals surface area contributed by atoms with Crippen molar-refractivity contribution in [1.82, 2.24) is 5.01 Å². The van der Waals surface area contributed by atoms with Crippen LogP contribution in [0.25, 0.3) is 0 Å². The molecule has 2 aliphatic heterocycles. The van der Waals surface area contributed by atoms with E-state index in [4.69, 9.17) is 9.47 Å². The highest BCUT2D eigenvalue weighted by Gasteiger charge is 2.61. The molecule has 0 N–H and O–H groups in total. The summed E-state index contributed by atoms with van der Waals surface area (Å²) in [4.78, 5) is 51.2. The molecule has 0 radical (unpaired) electrons. The Kier molecular flexibility index (Phi) is 5.17. The van der Waals surface area contributed by atoms with Crippen LogP contribution in [0.3, 0.4) is 0 Å². The van der Waals surface area contributed by atoms with E-state index in [1.165, 1.54) is 6.92 Å². The maximum Gasteiger partial charge on any atom is 0.354 e. The second-order valence-electron chi connectivity index (χ2n) is 6.44. The maximum atomic E-state index is 13.2. The fourth-order valence-corrected chi connectivity index (χ4v) is 3.45. The predicted molar refractivity (Wildman–Crippen MR) is 98.7 cm³/mol. The number of benzene rings is 1. The number of carbonyl (C=O) groups excluding carboxylic acids is 4. The van der Waals surface area contributed by atoms with Gasteiger partial charge in [0.05, 0.1) is 25.3 Å². The predicted octanol–water partition coefficient (Wildman–Crippen LogP) is 1.26. The smallest absolute Gasteiger partial charge is 0.354 e. The van der Waals surface area contributed by atoms with E-state index in [2.05, 4.69) is 5.10 Å². The average Bonchev–Trinajstić information content (AvgIpc) is 3.15. The first kappa shape index (κ1) is 19.5. The fourth-order valence-electron chi connectivity index (χ4n) is 3.45. The minimum absolute atomic E-state index is 0.0493. The monoisotopic (exact) mass is 387 g/mol. The van der Waals surface area contributed by atoms with Crippen LogP contribution in [0, 0.1) is 0 Å². The topological polar surface area (TPSA) is 106 Å². The van der Waals surface area contributed by atoms with E-state index in [9.17, 15) is 19.2 Å². The molecule has 2 heterocycles. The first-order chi connectivity index (χ1) is 13.3. The van der Waals surface area contributed by atoms with Crippen molar-refractivity contribution >= 4 is 35.1 Å². The van der Waals surface area contributed by atoms with E-state index in [-0.39, 0.29) is 25.2 Å². The molecule has 1 aromatic carbocycles. The highest BCUT2D eigenvalue weighted by Crippen LogP contribution is 2.40. The highest BCUT2D eigenvalue weighted by molar-refractivity contribution is 6.39. The van der Waals surface area contributed by atoms with Crippen LogP contribution in [0.15, 0.2) is 29.4 Å². The molecule has 1 atom stereocenters. The van der Waals surface area contributed by atoms with Crippen LogP contribution in [0.5, 0.6) is 5.75 Å². The summed E-state index contributed by atoms with van der Waals surface area (Å²) in [5.74, 6) is -1.70. The Labute approximate surface area is 161 Å². The van der Waals surface area contributed by atoms with Gasteiger partial charge in [-0.15, -0.1) is 0 Å². The number of anilines is 1. The Bertz CT molecular complexity index is 863. The lowest BCUT2D eigenvalue weighted by Crippen LogP contribution is -2.51. The molecule has 9 nitrogen and oxygen atoms in total. The molecule has 9 heteroatoms. The lowest BCUT2D eigenvalue weighted by Gasteiger charge is -2.28. The van der Waals surface area contributed by atoms with Crippen LogP contribution in [0.2, 0.25) is 0 Å². The average molecular weight is 387 g/mol. The maximum absolute atomic E-state index is 13.2. The minimum Gasteiger partial charge on any atom is -0.494 e. The van der Waals surface area contributed by atoms with Crippen LogP contribution in [0.1, 0.15) is 33.6 Å². The van der Waals surface area contributed by atoms with Crippen LogP contribution in [0.4, 0.5) is 5.69 Å². The molecule has 3 amide bonds. The van der Waals surface area contributed by atoms with E-state index in [1.807, 2.05) is 6.92 Å². The fraction of sp³-hybridized carbons (Fsp3) is 0.421. The molecule has 0 saturated carbocycles. The summed E-state index contributed by atoms with van der Waals surface area (Å²) in [6.07, 6.45) is -0.422. The molecule has 1 aromatic rings. The Hall–Kier alpha value is -3.23. The van der Waals surface area contributed by atoms with Crippen molar-refractivity contribution < 1.29 is 28.7 Å². The third-order valence-electron chi connectivity index (χ3n) is 4.60.